The summed E-state index contributed by atoms with van der Waals surface area (Å²) in [5.41, 5.74) is 0.0661. The molecule has 2 aromatic rings. The highest BCUT2D eigenvalue weighted by molar-refractivity contribution is 7.74. The van der Waals surface area contributed by atoms with E-state index in [-0.39, 0.29) is 10.8 Å². The van der Waals surface area contributed by atoms with Gasteiger partial charge in [-0.15, -0.1) is 0 Å². The number of hydrogen-bond acceptors (Lipinski definition) is 2. The molecule has 1 saturated heterocycles. The molecule has 0 amide bonds. The summed E-state index contributed by atoms with van der Waals surface area (Å²) >= 11 is 0. The molecule has 0 radical (unpaired) electrons. The van der Waals surface area contributed by atoms with Gasteiger partial charge in [0.05, 0.1) is 12.7 Å². The maximum atomic E-state index is 11.6. The number of aliphatic hydroxyl groups is 1. The van der Waals surface area contributed by atoms with Crippen molar-refractivity contribution in [1.29, 1.82) is 0 Å². The Bertz CT molecular complexity index is 753. The monoisotopic (exact) mass is 352 g/mol. The zero-order valence-electron chi connectivity index (χ0n) is 14.9. The molecule has 5 rings (SSSR count). The summed E-state index contributed by atoms with van der Waals surface area (Å²) < 4.78 is 6.60. The van der Waals surface area contributed by atoms with E-state index in [1.54, 1.807) is 0 Å². The molecule has 1 heterocycles. The van der Waals surface area contributed by atoms with E-state index in [0.717, 1.165) is 13.0 Å². The molecule has 1 N–H and O–H groups in total. The van der Waals surface area contributed by atoms with Crippen LogP contribution < -0.4 is 10.6 Å². The Morgan fingerprint density at radius 2 is 1.48 bits per heavy atom. The van der Waals surface area contributed by atoms with Crippen LogP contribution in [0, 0.1) is 16.7 Å². The second-order valence-corrected chi connectivity index (χ2v) is 10.8. The van der Waals surface area contributed by atoms with Gasteiger partial charge in [-0.05, 0) is 31.4 Å². The Hall–Kier alpha value is -1.21. The van der Waals surface area contributed by atoms with Gasteiger partial charge in [-0.2, -0.15) is 0 Å². The molecular formula is C22H25O2P. The van der Waals surface area contributed by atoms with E-state index in [1.807, 2.05) is 0 Å². The third kappa shape index (κ3) is 1.76. The lowest BCUT2D eigenvalue weighted by Gasteiger charge is -2.50. The standard InChI is InChI=1S/C22H25O2P/c1-20-14-13-18-21(20,2)15-24-22(18,19(20)23)25(16-9-5-3-6-10-16)17-11-7-4-8-12-17/h3-12,18-19,23H,13-15H2,1-2H3/t18-,19+,20+,21-,22-/m0/s1. The van der Waals surface area contributed by atoms with Crippen LogP contribution in [0.5, 0.6) is 0 Å². The summed E-state index contributed by atoms with van der Waals surface area (Å²) in [6, 6.07) is 21.4. The molecule has 2 aromatic carbocycles. The lowest BCUT2D eigenvalue weighted by molar-refractivity contribution is -0.147. The number of hydrogen-bond donors (Lipinski definition) is 1. The van der Waals surface area contributed by atoms with Crippen LogP contribution in [0.15, 0.2) is 60.7 Å². The van der Waals surface area contributed by atoms with Crippen molar-refractivity contribution in [3.05, 3.63) is 60.7 Å². The van der Waals surface area contributed by atoms with Crippen LogP contribution in [0.25, 0.3) is 0 Å². The molecule has 5 atom stereocenters. The molecule has 2 nitrogen and oxygen atoms in total. The van der Waals surface area contributed by atoms with Gasteiger partial charge in [-0.1, -0.05) is 74.5 Å². The van der Waals surface area contributed by atoms with Gasteiger partial charge < -0.3 is 9.84 Å². The largest absolute Gasteiger partial charge is 0.389 e. The summed E-state index contributed by atoms with van der Waals surface area (Å²) in [6.45, 7) is 5.43. The van der Waals surface area contributed by atoms with Gasteiger partial charge in [0.2, 0.25) is 0 Å². The minimum atomic E-state index is -0.785. The van der Waals surface area contributed by atoms with Crippen LogP contribution in [-0.2, 0) is 4.74 Å². The van der Waals surface area contributed by atoms with Crippen LogP contribution in [0.3, 0.4) is 0 Å². The van der Waals surface area contributed by atoms with Crippen molar-refractivity contribution >= 4 is 18.5 Å². The minimum absolute atomic E-state index is 0.0277. The maximum Gasteiger partial charge on any atom is 0.125 e. The average molecular weight is 352 g/mol. The normalized spacial score (nSPS) is 41.6. The van der Waals surface area contributed by atoms with Gasteiger partial charge in [0, 0.05) is 16.7 Å². The third-order valence-electron chi connectivity index (χ3n) is 7.50. The van der Waals surface area contributed by atoms with Crippen molar-refractivity contribution in [2.24, 2.45) is 16.7 Å². The summed E-state index contributed by atoms with van der Waals surface area (Å²) in [6.07, 6.45) is 1.89. The third-order valence-corrected chi connectivity index (χ3v) is 10.5. The maximum absolute atomic E-state index is 11.6. The van der Waals surface area contributed by atoms with E-state index in [9.17, 15) is 5.11 Å². The molecule has 3 heteroatoms. The molecule has 1 aliphatic heterocycles. The molecule has 0 unspecified atom stereocenters. The lowest BCUT2D eigenvalue weighted by Crippen LogP contribution is -2.55. The SMILES string of the molecule is C[C@]12CO[C@]3(P(c4ccccc4)c4ccccc4)[C@H]1CC[C@]2(C)[C@H]3O. The summed E-state index contributed by atoms with van der Waals surface area (Å²) in [5, 5.41) is 13.7. The predicted octanol–water partition coefficient (Wildman–Crippen LogP) is 3.64. The summed E-state index contributed by atoms with van der Waals surface area (Å²) in [7, 11) is -0.785. The van der Waals surface area contributed by atoms with Gasteiger partial charge in [0.25, 0.3) is 0 Å². The molecule has 2 saturated carbocycles. The molecule has 0 aromatic heterocycles. The molecule has 4 bridgehead atoms. The minimum Gasteiger partial charge on any atom is -0.389 e. The zero-order valence-corrected chi connectivity index (χ0v) is 15.7. The van der Waals surface area contributed by atoms with Gasteiger partial charge in [-0.25, -0.2) is 0 Å². The van der Waals surface area contributed by atoms with Crippen LogP contribution in [0.2, 0.25) is 0 Å². The number of aliphatic hydroxyl groups excluding tert-OH is 1. The Labute approximate surface area is 151 Å². The van der Waals surface area contributed by atoms with Crippen molar-refractivity contribution in [3.8, 4) is 0 Å². The fraction of sp³-hybridized carbons (Fsp3) is 0.455. The van der Waals surface area contributed by atoms with Crippen LogP contribution in [-0.4, -0.2) is 23.2 Å². The van der Waals surface area contributed by atoms with E-state index >= 15 is 0 Å². The second kappa shape index (κ2) is 5.16. The first-order valence-corrected chi connectivity index (χ1v) is 10.6. The van der Waals surface area contributed by atoms with E-state index in [0.29, 0.717) is 5.92 Å². The van der Waals surface area contributed by atoms with E-state index in [2.05, 4.69) is 74.5 Å². The highest BCUT2D eigenvalue weighted by Crippen LogP contribution is 2.80. The quantitative estimate of drug-likeness (QED) is 0.855. The second-order valence-electron chi connectivity index (χ2n) is 8.38. The number of benzene rings is 2. The number of rotatable bonds is 3. The smallest absolute Gasteiger partial charge is 0.125 e. The Morgan fingerprint density at radius 1 is 0.920 bits per heavy atom. The van der Waals surface area contributed by atoms with Crippen LogP contribution in [0.1, 0.15) is 26.7 Å². The van der Waals surface area contributed by atoms with Gasteiger partial charge in [0.1, 0.15) is 5.34 Å². The highest BCUT2D eigenvalue weighted by atomic mass is 31.1. The first-order chi connectivity index (χ1) is 12.0. The summed E-state index contributed by atoms with van der Waals surface area (Å²) in [4.78, 5) is 0. The van der Waals surface area contributed by atoms with Gasteiger partial charge >= 0.3 is 0 Å². The van der Waals surface area contributed by atoms with Crippen molar-refractivity contribution in [2.75, 3.05) is 6.61 Å². The lowest BCUT2D eigenvalue weighted by atomic mass is 9.68. The average Bonchev–Trinajstić information content (AvgIpc) is 3.14. The fourth-order valence-electron chi connectivity index (χ4n) is 5.97. The molecule has 130 valence electrons. The predicted molar refractivity (Wildman–Crippen MR) is 103 cm³/mol. The Morgan fingerprint density at radius 3 is 1.96 bits per heavy atom. The van der Waals surface area contributed by atoms with Gasteiger partial charge in [0.15, 0.2) is 0 Å². The van der Waals surface area contributed by atoms with Crippen LogP contribution >= 0.6 is 7.92 Å². The zero-order chi connectivity index (χ0) is 17.3. The van der Waals surface area contributed by atoms with E-state index in [4.69, 9.17) is 4.74 Å². The van der Waals surface area contributed by atoms with E-state index < -0.39 is 19.4 Å². The Balaban J connectivity index is 1.73. The molecule has 25 heavy (non-hydrogen) atoms. The van der Waals surface area contributed by atoms with Crippen molar-refractivity contribution < 1.29 is 9.84 Å². The van der Waals surface area contributed by atoms with Crippen molar-refractivity contribution in [3.63, 3.8) is 0 Å². The van der Waals surface area contributed by atoms with Gasteiger partial charge in [-0.3, -0.25) is 0 Å². The first kappa shape index (κ1) is 16.0. The summed E-state index contributed by atoms with van der Waals surface area (Å²) in [5.74, 6) is 0.437. The molecule has 0 spiro atoms. The van der Waals surface area contributed by atoms with Crippen molar-refractivity contribution in [1.82, 2.24) is 0 Å². The molecule has 3 fully saturated rings. The molecule has 3 aliphatic rings. The Kier molecular flexibility index (Phi) is 3.30. The fourth-order valence-corrected chi connectivity index (χ4v) is 9.46. The first-order valence-electron chi connectivity index (χ1n) is 9.26. The topological polar surface area (TPSA) is 29.5 Å². The highest BCUT2D eigenvalue weighted by Gasteiger charge is 2.81. The molecule has 2 aliphatic carbocycles. The van der Waals surface area contributed by atoms with Crippen LogP contribution in [0.4, 0.5) is 0 Å². The number of ether oxygens (including phenoxy) is 1. The van der Waals surface area contributed by atoms with E-state index in [1.165, 1.54) is 17.0 Å². The molecular weight excluding hydrogens is 327 g/mol. The van der Waals surface area contributed by atoms with Crippen molar-refractivity contribution in [2.45, 2.75) is 38.1 Å².